The van der Waals surface area contributed by atoms with E-state index in [2.05, 4.69) is 10.1 Å². The number of nitrogens with one attached hydrogen (secondary N) is 1. The molecule has 7 nitrogen and oxygen atoms in total. The van der Waals surface area contributed by atoms with Gasteiger partial charge in [0.2, 0.25) is 10.0 Å². The molecule has 0 bridgehead atoms. The summed E-state index contributed by atoms with van der Waals surface area (Å²) in [5.41, 5.74) is 0.302. The lowest BCUT2D eigenvalue weighted by atomic mass is 10.2. The second kappa shape index (κ2) is 8.31. The van der Waals surface area contributed by atoms with E-state index in [1.807, 2.05) is 0 Å². The van der Waals surface area contributed by atoms with Crippen molar-refractivity contribution in [1.82, 2.24) is 9.73 Å². The first-order valence-corrected chi connectivity index (χ1v) is 9.21. The standard InChI is InChI=1S/C15H15F5N4O3S/c1-21-12(15(18,19)20)8-22-23-14(25)13-11(17)6-7-24(13)28(26,27)10-4-2-9(16)3-5-10/h2-5,8,11,13H,6-7H2,1H3,(H,23,25)/b21-12?,22-8-/t11-,13-/m0/s1. The minimum absolute atomic E-state index is 0.221. The maximum Gasteiger partial charge on any atom is 0.434 e. The van der Waals surface area contributed by atoms with Crippen LogP contribution >= 0.6 is 0 Å². The highest BCUT2D eigenvalue weighted by Gasteiger charge is 2.46. The molecule has 13 heteroatoms. The summed E-state index contributed by atoms with van der Waals surface area (Å²) in [5, 5.41) is 3.08. The van der Waals surface area contributed by atoms with Gasteiger partial charge in [-0.25, -0.2) is 22.6 Å². The average Bonchev–Trinajstić information content (AvgIpc) is 3.00. The zero-order chi connectivity index (χ0) is 21.1. The smallest absolute Gasteiger partial charge is 0.283 e. The Bertz CT molecular complexity index is 884. The lowest BCUT2D eigenvalue weighted by molar-refractivity contribution is -0.125. The number of hydrogen-bond acceptors (Lipinski definition) is 5. The number of carbonyl (C=O) groups is 1. The fraction of sp³-hybridized carbons (Fsp3) is 0.400. The maximum absolute atomic E-state index is 14.2. The molecule has 28 heavy (non-hydrogen) atoms. The Morgan fingerprint density at radius 1 is 1.29 bits per heavy atom. The largest absolute Gasteiger partial charge is 0.434 e. The van der Waals surface area contributed by atoms with Crippen LogP contribution in [0.1, 0.15) is 6.42 Å². The summed E-state index contributed by atoms with van der Waals surface area (Å²) in [6, 6.07) is 1.85. The maximum atomic E-state index is 14.2. The number of sulfonamides is 1. The number of nitrogens with zero attached hydrogens (tertiary/aromatic N) is 3. The summed E-state index contributed by atoms with van der Waals surface area (Å²) in [6.07, 6.45) is -6.78. The van der Waals surface area contributed by atoms with Crippen molar-refractivity contribution in [3.63, 3.8) is 0 Å². The molecule has 1 amide bonds. The molecule has 1 N–H and O–H groups in total. The molecular formula is C15H15F5N4O3S. The molecule has 1 saturated heterocycles. The number of alkyl halides is 4. The second-order valence-electron chi connectivity index (χ2n) is 5.66. The minimum atomic E-state index is -4.81. The summed E-state index contributed by atoms with van der Waals surface area (Å²) in [4.78, 5) is 14.8. The molecule has 0 spiro atoms. The van der Waals surface area contributed by atoms with Gasteiger partial charge in [0.15, 0.2) is 5.71 Å². The molecule has 1 aromatic rings. The molecule has 1 aliphatic rings. The molecule has 1 aromatic carbocycles. The van der Waals surface area contributed by atoms with Gasteiger partial charge in [0.1, 0.15) is 18.0 Å². The van der Waals surface area contributed by atoms with Gasteiger partial charge in [0, 0.05) is 13.6 Å². The zero-order valence-corrected chi connectivity index (χ0v) is 15.1. The van der Waals surface area contributed by atoms with Crippen molar-refractivity contribution in [3.05, 3.63) is 30.1 Å². The van der Waals surface area contributed by atoms with Gasteiger partial charge >= 0.3 is 6.18 Å². The highest BCUT2D eigenvalue weighted by atomic mass is 32.2. The first kappa shape index (κ1) is 21.9. The number of hydrazone groups is 1. The number of aliphatic imine (C=N–C) groups is 1. The van der Waals surface area contributed by atoms with Crippen LogP contribution in [0, 0.1) is 5.82 Å². The third kappa shape index (κ3) is 4.70. The Morgan fingerprint density at radius 3 is 2.43 bits per heavy atom. The molecule has 2 rings (SSSR count). The Kier molecular flexibility index (Phi) is 6.49. The topological polar surface area (TPSA) is 91.2 Å². The van der Waals surface area contributed by atoms with E-state index < -0.39 is 45.8 Å². The van der Waals surface area contributed by atoms with Crippen LogP contribution in [0.25, 0.3) is 0 Å². The lowest BCUT2D eigenvalue weighted by Gasteiger charge is -2.23. The predicted molar refractivity (Wildman–Crippen MR) is 89.6 cm³/mol. The third-order valence-corrected chi connectivity index (χ3v) is 5.75. The lowest BCUT2D eigenvalue weighted by Crippen LogP contribution is -2.48. The van der Waals surface area contributed by atoms with Crippen LogP contribution in [0.4, 0.5) is 22.0 Å². The molecule has 0 saturated carbocycles. The van der Waals surface area contributed by atoms with Crippen molar-refractivity contribution in [3.8, 4) is 0 Å². The number of rotatable bonds is 5. The first-order chi connectivity index (χ1) is 13.0. The molecular weight excluding hydrogens is 411 g/mol. The van der Waals surface area contributed by atoms with Gasteiger partial charge < -0.3 is 0 Å². The molecule has 154 valence electrons. The van der Waals surface area contributed by atoms with Crippen LogP contribution in [0.15, 0.2) is 39.3 Å². The minimum Gasteiger partial charge on any atom is -0.283 e. The van der Waals surface area contributed by atoms with Crippen molar-refractivity contribution in [2.75, 3.05) is 13.6 Å². The van der Waals surface area contributed by atoms with Gasteiger partial charge in [0.05, 0.1) is 11.1 Å². The van der Waals surface area contributed by atoms with Crippen LogP contribution in [-0.4, -0.2) is 62.5 Å². The molecule has 0 aliphatic carbocycles. The van der Waals surface area contributed by atoms with Gasteiger partial charge in [-0.2, -0.15) is 22.6 Å². The zero-order valence-electron chi connectivity index (χ0n) is 14.3. The van der Waals surface area contributed by atoms with Crippen LogP contribution in [0.2, 0.25) is 0 Å². The van der Waals surface area contributed by atoms with E-state index in [-0.39, 0.29) is 24.1 Å². The monoisotopic (exact) mass is 426 g/mol. The fourth-order valence-corrected chi connectivity index (χ4v) is 4.14. The van der Waals surface area contributed by atoms with E-state index in [1.54, 1.807) is 5.43 Å². The Hall–Kier alpha value is -2.41. The highest BCUT2D eigenvalue weighted by molar-refractivity contribution is 7.89. The van der Waals surface area contributed by atoms with E-state index in [4.69, 9.17) is 0 Å². The molecule has 0 unspecified atom stereocenters. The number of hydrogen-bond donors (Lipinski definition) is 1. The predicted octanol–water partition coefficient (Wildman–Crippen LogP) is 1.66. The van der Waals surface area contributed by atoms with Crippen molar-refractivity contribution in [2.24, 2.45) is 10.1 Å². The van der Waals surface area contributed by atoms with Gasteiger partial charge in [-0.1, -0.05) is 0 Å². The molecule has 0 aromatic heterocycles. The quantitative estimate of drug-likeness (QED) is 0.441. The van der Waals surface area contributed by atoms with Crippen LogP contribution in [0.5, 0.6) is 0 Å². The van der Waals surface area contributed by atoms with Gasteiger partial charge in [-0.3, -0.25) is 9.79 Å². The summed E-state index contributed by atoms with van der Waals surface area (Å²) < 4.78 is 90.6. The van der Waals surface area contributed by atoms with E-state index in [1.165, 1.54) is 0 Å². The van der Waals surface area contributed by atoms with Crippen LogP contribution in [-0.2, 0) is 14.8 Å². The SMILES string of the molecule is CN=C(/C=N\NC(=O)[C@@H]1[C@@H](F)CCN1S(=O)(=O)c1ccc(F)cc1)C(F)(F)F. The molecule has 1 aliphatic heterocycles. The second-order valence-corrected chi connectivity index (χ2v) is 7.55. The van der Waals surface area contributed by atoms with E-state index in [0.717, 1.165) is 31.3 Å². The van der Waals surface area contributed by atoms with Gasteiger partial charge in [0.25, 0.3) is 5.91 Å². The molecule has 1 fully saturated rings. The molecule has 0 radical (unpaired) electrons. The Balaban J connectivity index is 2.20. The molecule has 2 atom stereocenters. The number of amides is 1. The first-order valence-electron chi connectivity index (χ1n) is 7.77. The van der Waals surface area contributed by atoms with Gasteiger partial charge in [-0.05, 0) is 30.7 Å². The summed E-state index contributed by atoms with van der Waals surface area (Å²) in [6.45, 7) is -0.340. The summed E-state index contributed by atoms with van der Waals surface area (Å²) >= 11 is 0. The van der Waals surface area contributed by atoms with Crippen LogP contribution < -0.4 is 5.43 Å². The average molecular weight is 426 g/mol. The van der Waals surface area contributed by atoms with E-state index in [0.29, 0.717) is 4.31 Å². The summed E-state index contributed by atoms with van der Waals surface area (Å²) in [7, 11) is -3.48. The normalized spacial score (nSPS) is 22.0. The van der Waals surface area contributed by atoms with Crippen molar-refractivity contribution in [1.29, 1.82) is 0 Å². The number of benzene rings is 1. The van der Waals surface area contributed by atoms with E-state index >= 15 is 0 Å². The van der Waals surface area contributed by atoms with Crippen LogP contribution in [0.3, 0.4) is 0 Å². The molecule has 1 heterocycles. The summed E-state index contributed by atoms with van der Waals surface area (Å²) in [5.74, 6) is -1.94. The van der Waals surface area contributed by atoms with Crippen molar-refractivity contribution >= 4 is 27.9 Å². The third-order valence-electron chi connectivity index (χ3n) is 3.86. The number of carbonyl (C=O) groups excluding carboxylic acids is 1. The van der Waals surface area contributed by atoms with E-state index in [9.17, 15) is 35.2 Å². The Morgan fingerprint density at radius 2 is 1.89 bits per heavy atom. The highest BCUT2D eigenvalue weighted by Crippen LogP contribution is 2.28. The van der Waals surface area contributed by atoms with Gasteiger partial charge in [-0.15, -0.1) is 0 Å². The number of halogens is 5. The Labute approximate surface area is 157 Å². The fourth-order valence-electron chi connectivity index (χ4n) is 2.52. The van der Waals surface area contributed by atoms with Crippen molar-refractivity contribution in [2.45, 2.75) is 29.7 Å². The van der Waals surface area contributed by atoms with Crippen molar-refractivity contribution < 1.29 is 35.2 Å².